The quantitative estimate of drug-likeness (QED) is 0.711. The van der Waals surface area contributed by atoms with Crippen LogP contribution in [0, 0.1) is 6.92 Å². The van der Waals surface area contributed by atoms with Crippen LogP contribution in [0.25, 0.3) is 0 Å². The molecule has 2 nitrogen and oxygen atoms in total. The minimum atomic E-state index is 0.117. The van der Waals surface area contributed by atoms with E-state index in [4.69, 9.17) is 10.5 Å². The van der Waals surface area contributed by atoms with Gasteiger partial charge >= 0.3 is 0 Å². The SMILES string of the molecule is Cc1cc2c(cc1[C@@H](C)N)CCO2. The van der Waals surface area contributed by atoms with E-state index < -0.39 is 0 Å². The van der Waals surface area contributed by atoms with Gasteiger partial charge in [0.15, 0.2) is 0 Å². The number of ether oxygens (including phenoxy) is 1. The summed E-state index contributed by atoms with van der Waals surface area (Å²) in [4.78, 5) is 0. The minimum Gasteiger partial charge on any atom is -0.493 e. The second kappa shape index (κ2) is 3.04. The molecule has 0 radical (unpaired) electrons. The molecule has 1 aromatic rings. The fourth-order valence-corrected chi connectivity index (χ4v) is 1.84. The lowest BCUT2D eigenvalue weighted by Crippen LogP contribution is -2.07. The summed E-state index contributed by atoms with van der Waals surface area (Å²) in [6.07, 6.45) is 1.02. The molecule has 0 aromatic heterocycles. The van der Waals surface area contributed by atoms with Crippen LogP contribution < -0.4 is 10.5 Å². The van der Waals surface area contributed by atoms with E-state index in [1.165, 1.54) is 16.7 Å². The first-order valence-corrected chi connectivity index (χ1v) is 4.70. The standard InChI is InChI=1S/C11H15NO/c1-7-5-11-9(3-4-13-11)6-10(7)8(2)12/h5-6,8H,3-4,12H2,1-2H3/t8-/m1/s1. The Hall–Kier alpha value is -1.02. The number of aryl methyl sites for hydroxylation is 1. The van der Waals surface area contributed by atoms with Crippen molar-refractivity contribution < 1.29 is 4.74 Å². The molecule has 70 valence electrons. The van der Waals surface area contributed by atoms with Gasteiger partial charge in [-0.15, -0.1) is 0 Å². The van der Waals surface area contributed by atoms with Crippen LogP contribution in [0.2, 0.25) is 0 Å². The Morgan fingerprint density at radius 3 is 2.92 bits per heavy atom. The Balaban J connectivity index is 2.49. The third kappa shape index (κ3) is 1.42. The monoisotopic (exact) mass is 177 g/mol. The highest BCUT2D eigenvalue weighted by Gasteiger charge is 2.15. The van der Waals surface area contributed by atoms with Crippen LogP contribution in [0.15, 0.2) is 12.1 Å². The van der Waals surface area contributed by atoms with Crippen molar-refractivity contribution in [1.82, 2.24) is 0 Å². The molecule has 1 aliphatic heterocycles. The number of rotatable bonds is 1. The van der Waals surface area contributed by atoms with Gasteiger partial charge in [-0.05, 0) is 36.6 Å². The molecule has 2 rings (SSSR count). The average molecular weight is 177 g/mol. The van der Waals surface area contributed by atoms with E-state index in [0.29, 0.717) is 0 Å². The lowest BCUT2D eigenvalue weighted by atomic mass is 9.99. The second-order valence-electron chi connectivity index (χ2n) is 3.70. The van der Waals surface area contributed by atoms with E-state index in [2.05, 4.69) is 19.1 Å². The third-order valence-electron chi connectivity index (χ3n) is 2.57. The van der Waals surface area contributed by atoms with E-state index in [-0.39, 0.29) is 6.04 Å². The van der Waals surface area contributed by atoms with E-state index in [1.807, 2.05) is 6.92 Å². The Labute approximate surface area is 78.7 Å². The van der Waals surface area contributed by atoms with E-state index in [9.17, 15) is 0 Å². The van der Waals surface area contributed by atoms with Gasteiger partial charge in [-0.2, -0.15) is 0 Å². The summed E-state index contributed by atoms with van der Waals surface area (Å²) in [5.41, 5.74) is 9.64. The second-order valence-corrected chi connectivity index (χ2v) is 3.70. The van der Waals surface area contributed by atoms with Crippen LogP contribution in [-0.4, -0.2) is 6.61 Å². The zero-order valence-electron chi connectivity index (χ0n) is 8.13. The molecule has 0 saturated carbocycles. The molecular formula is C11H15NO. The fourth-order valence-electron chi connectivity index (χ4n) is 1.84. The maximum absolute atomic E-state index is 5.87. The number of fused-ring (bicyclic) bond motifs is 1. The molecule has 2 N–H and O–H groups in total. The van der Waals surface area contributed by atoms with Gasteiger partial charge in [-0.25, -0.2) is 0 Å². The van der Waals surface area contributed by atoms with Gasteiger partial charge in [0.1, 0.15) is 5.75 Å². The van der Waals surface area contributed by atoms with Crippen molar-refractivity contribution in [2.45, 2.75) is 26.3 Å². The fraction of sp³-hybridized carbons (Fsp3) is 0.455. The predicted octanol–water partition coefficient (Wildman–Crippen LogP) is 1.95. The van der Waals surface area contributed by atoms with Gasteiger partial charge in [0, 0.05) is 12.5 Å². The molecule has 13 heavy (non-hydrogen) atoms. The highest BCUT2D eigenvalue weighted by Crippen LogP contribution is 2.30. The van der Waals surface area contributed by atoms with Crippen molar-refractivity contribution in [3.8, 4) is 5.75 Å². The summed E-state index contributed by atoms with van der Waals surface area (Å²) in [6.45, 7) is 4.92. The summed E-state index contributed by atoms with van der Waals surface area (Å²) in [6, 6.07) is 4.40. The lowest BCUT2D eigenvalue weighted by molar-refractivity contribution is 0.356. The van der Waals surface area contributed by atoms with Crippen molar-refractivity contribution in [1.29, 1.82) is 0 Å². The van der Waals surface area contributed by atoms with Crippen molar-refractivity contribution in [3.63, 3.8) is 0 Å². The summed E-state index contributed by atoms with van der Waals surface area (Å²) >= 11 is 0. The Morgan fingerprint density at radius 2 is 2.23 bits per heavy atom. The van der Waals surface area contributed by atoms with Gasteiger partial charge in [0.05, 0.1) is 6.61 Å². The van der Waals surface area contributed by atoms with Crippen LogP contribution in [0.5, 0.6) is 5.75 Å². The number of nitrogens with two attached hydrogens (primary N) is 1. The molecule has 1 aliphatic rings. The highest BCUT2D eigenvalue weighted by atomic mass is 16.5. The molecule has 0 unspecified atom stereocenters. The molecule has 1 atom stereocenters. The van der Waals surface area contributed by atoms with Crippen LogP contribution in [-0.2, 0) is 6.42 Å². The molecule has 0 spiro atoms. The zero-order chi connectivity index (χ0) is 9.42. The Kier molecular flexibility index (Phi) is 2.00. The topological polar surface area (TPSA) is 35.2 Å². The van der Waals surface area contributed by atoms with Crippen molar-refractivity contribution in [2.24, 2.45) is 5.73 Å². The maximum Gasteiger partial charge on any atom is 0.122 e. The van der Waals surface area contributed by atoms with Gasteiger partial charge in [0.25, 0.3) is 0 Å². The van der Waals surface area contributed by atoms with Gasteiger partial charge in [-0.3, -0.25) is 0 Å². The first kappa shape index (κ1) is 8.57. The molecule has 0 bridgehead atoms. The van der Waals surface area contributed by atoms with Gasteiger partial charge < -0.3 is 10.5 Å². The molecule has 2 heteroatoms. The lowest BCUT2D eigenvalue weighted by Gasteiger charge is -2.11. The minimum absolute atomic E-state index is 0.117. The molecule has 0 fully saturated rings. The van der Waals surface area contributed by atoms with E-state index in [0.717, 1.165) is 18.8 Å². The molecule has 0 saturated heterocycles. The van der Waals surface area contributed by atoms with Gasteiger partial charge in [-0.1, -0.05) is 6.07 Å². The molecule has 0 amide bonds. The Morgan fingerprint density at radius 1 is 1.46 bits per heavy atom. The zero-order valence-corrected chi connectivity index (χ0v) is 8.13. The molecule has 0 aliphatic carbocycles. The van der Waals surface area contributed by atoms with Crippen LogP contribution in [0.1, 0.15) is 29.7 Å². The van der Waals surface area contributed by atoms with E-state index in [1.54, 1.807) is 0 Å². The van der Waals surface area contributed by atoms with E-state index >= 15 is 0 Å². The van der Waals surface area contributed by atoms with Crippen LogP contribution in [0.3, 0.4) is 0 Å². The predicted molar refractivity (Wildman–Crippen MR) is 53.0 cm³/mol. The number of benzene rings is 1. The molecule has 1 aromatic carbocycles. The van der Waals surface area contributed by atoms with Crippen molar-refractivity contribution in [3.05, 3.63) is 28.8 Å². The summed E-state index contributed by atoms with van der Waals surface area (Å²) in [7, 11) is 0. The first-order valence-electron chi connectivity index (χ1n) is 4.70. The summed E-state index contributed by atoms with van der Waals surface area (Å²) in [5.74, 6) is 1.04. The summed E-state index contributed by atoms with van der Waals surface area (Å²) < 4.78 is 5.47. The highest BCUT2D eigenvalue weighted by molar-refractivity contribution is 5.45. The van der Waals surface area contributed by atoms with Gasteiger partial charge in [0.2, 0.25) is 0 Å². The molecule has 1 heterocycles. The third-order valence-corrected chi connectivity index (χ3v) is 2.57. The smallest absolute Gasteiger partial charge is 0.122 e. The normalized spacial score (nSPS) is 16.5. The number of hydrogen-bond donors (Lipinski definition) is 1. The Bertz CT molecular complexity index is 331. The average Bonchev–Trinajstić information content (AvgIpc) is 2.48. The summed E-state index contributed by atoms with van der Waals surface area (Å²) in [5, 5.41) is 0. The van der Waals surface area contributed by atoms with Crippen LogP contribution in [0.4, 0.5) is 0 Å². The molecular weight excluding hydrogens is 162 g/mol. The number of hydrogen-bond acceptors (Lipinski definition) is 2. The largest absolute Gasteiger partial charge is 0.493 e. The first-order chi connectivity index (χ1) is 6.18. The maximum atomic E-state index is 5.87. The van der Waals surface area contributed by atoms with Crippen molar-refractivity contribution >= 4 is 0 Å². The van der Waals surface area contributed by atoms with Crippen molar-refractivity contribution in [2.75, 3.05) is 6.61 Å². The van der Waals surface area contributed by atoms with Crippen LogP contribution >= 0.6 is 0 Å².